The largest absolute Gasteiger partial charge is 0.497 e. The Labute approximate surface area is 184 Å². The van der Waals surface area contributed by atoms with Gasteiger partial charge in [-0.15, -0.1) is 0 Å². The number of halogens is 1. The Morgan fingerprint density at radius 2 is 1.87 bits per heavy atom. The Hall–Kier alpha value is -2.74. The minimum absolute atomic E-state index is 0.167. The second-order valence-electron chi connectivity index (χ2n) is 6.47. The number of ether oxygens (including phenoxy) is 4. The van der Waals surface area contributed by atoms with E-state index in [-0.39, 0.29) is 19.1 Å². The number of nitrogens with one attached hydrogen (secondary N) is 1. The van der Waals surface area contributed by atoms with Gasteiger partial charge in [0.2, 0.25) is 0 Å². The Morgan fingerprint density at radius 3 is 2.57 bits per heavy atom. The molecule has 2 aromatic rings. The first-order chi connectivity index (χ1) is 14.4. The molecule has 0 spiro atoms. The number of hydrogen-bond donors (Lipinski definition) is 1. The van der Waals surface area contributed by atoms with Crippen LogP contribution in [0.5, 0.6) is 17.2 Å². The Balaban J connectivity index is 1.71. The van der Waals surface area contributed by atoms with Gasteiger partial charge in [0, 0.05) is 16.5 Å². The van der Waals surface area contributed by atoms with Gasteiger partial charge in [-0.1, -0.05) is 22.0 Å². The van der Waals surface area contributed by atoms with Gasteiger partial charge < -0.3 is 24.3 Å². The average molecular weight is 480 g/mol. The summed E-state index contributed by atoms with van der Waals surface area (Å²) in [7, 11) is 3.13. The Morgan fingerprint density at radius 1 is 1.07 bits per heavy atom. The standard InChI is InChI=1S/C22H26BrNO6/c1-15(19-13-17(27-2)9-10-20(19)28-3)24-21(25)14-30-22(26)8-5-11-29-18-7-4-6-16(23)12-18/h4,6-7,9-10,12-13,15H,5,8,11,14H2,1-3H3,(H,24,25)/t15-/m0/s1. The predicted octanol–water partition coefficient (Wildman–Crippen LogP) is 4.05. The van der Waals surface area contributed by atoms with Gasteiger partial charge in [-0.25, -0.2) is 0 Å². The SMILES string of the molecule is COc1ccc(OC)c([C@H](C)NC(=O)COC(=O)CCCOc2cccc(Br)c2)c1. The highest BCUT2D eigenvalue weighted by Gasteiger charge is 2.16. The summed E-state index contributed by atoms with van der Waals surface area (Å²) >= 11 is 3.37. The second kappa shape index (κ2) is 12.1. The summed E-state index contributed by atoms with van der Waals surface area (Å²) in [4.78, 5) is 24.0. The van der Waals surface area contributed by atoms with Gasteiger partial charge in [0.05, 0.1) is 26.9 Å². The molecule has 0 saturated heterocycles. The van der Waals surface area contributed by atoms with Crippen LogP contribution in [0.1, 0.15) is 31.4 Å². The monoisotopic (exact) mass is 479 g/mol. The molecule has 162 valence electrons. The maximum atomic E-state index is 12.1. The van der Waals surface area contributed by atoms with Gasteiger partial charge >= 0.3 is 5.97 Å². The maximum Gasteiger partial charge on any atom is 0.306 e. The summed E-state index contributed by atoms with van der Waals surface area (Å²) in [6, 6.07) is 12.5. The molecule has 0 aliphatic heterocycles. The van der Waals surface area contributed by atoms with Gasteiger partial charge in [-0.05, 0) is 49.7 Å². The van der Waals surface area contributed by atoms with Gasteiger partial charge in [0.25, 0.3) is 5.91 Å². The molecule has 1 atom stereocenters. The van der Waals surface area contributed by atoms with E-state index in [9.17, 15) is 9.59 Å². The minimum Gasteiger partial charge on any atom is -0.497 e. The zero-order valence-electron chi connectivity index (χ0n) is 17.3. The quantitative estimate of drug-likeness (QED) is 0.386. The van der Waals surface area contributed by atoms with Gasteiger partial charge in [-0.3, -0.25) is 9.59 Å². The second-order valence-corrected chi connectivity index (χ2v) is 7.38. The molecule has 0 bridgehead atoms. The molecule has 0 aromatic heterocycles. The van der Waals surface area contributed by atoms with Crippen molar-refractivity contribution in [1.29, 1.82) is 0 Å². The van der Waals surface area contributed by atoms with Crippen LogP contribution in [0.3, 0.4) is 0 Å². The first-order valence-electron chi connectivity index (χ1n) is 9.48. The number of esters is 1. The number of amides is 1. The zero-order valence-corrected chi connectivity index (χ0v) is 18.9. The third-order valence-electron chi connectivity index (χ3n) is 4.24. The average Bonchev–Trinajstić information content (AvgIpc) is 2.74. The van der Waals surface area contributed by atoms with E-state index in [1.165, 1.54) is 0 Å². The van der Waals surface area contributed by atoms with E-state index in [4.69, 9.17) is 18.9 Å². The molecule has 0 aliphatic rings. The Kier molecular flexibility index (Phi) is 9.47. The van der Waals surface area contributed by atoms with Crippen LogP contribution in [0.2, 0.25) is 0 Å². The van der Waals surface area contributed by atoms with Crippen molar-refractivity contribution in [2.45, 2.75) is 25.8 Å². The number of carbonyl (C=O) groups excluding carboxylic acids is 2. The highest BCUT2D eigenvalue weighted by molar-refractivity contribution is 9.10. The molecule has 7 nitrogen and oxygen atoms in total. The number of rotatable bonds is 11. The molecule has 0 unspecified atom stereocenters. The van der Waals surface area contributed by atoms with E-state index in [0.717, 1.165) is 15.8 Å². The topological polar surface area (TPSA) is 83.1 Å². The predicted molar refractivity (Wildman–Crippen MR) is 116 cm³/mol. The fourth-order valence-electron chi connectivity index (χ4n) is 2.72. The summed E-state index contributed by atoms with van der Waals surface area (Å²) < 4.78 is 22.1. The highest BCUT2D eigenvalue weighted by atomic mass is 79.9. The lowest BCUT2D eigenvalue weighted by molar-refractivity contribution is -0.148. The van der Waals surface area contributed by atoms with E-state index in [1.54, 1.807) is 32.4 Å². The van der Waals surface area contributed by atoms with Gasteiger partial charge in [-0.2, -0.15) is 0 Å². The van der Waals surface area contributed by atoms with Crippen molar-refractivity contribution in [3.63, 3.8) is 0 Å². The molecule has 30 heavy (non-hydrogen) atoms. The molecule has 0 aliphatic carbocycles. The number of hydrogen-bond acceptors (Lipinski definition) is 6. The molecule has 1 N–H and O–H groups in total. The van der Waals surface area contributed by atoms with Gasteiger partial charge in [0.15, 0.2) is 6.61 Å². The normalized spacial score (nSPS) is 11.3. The van der Waals surface area contributed by atoms with Crippen LogP contribution in [-0.4, -0.2) is 39.3 Å². The highest BCUT2D eigenvalue weighted by Crippen LogP contribution is 2.29. The molecule has 8 heteroatoms. The number of methoxy groups -OCH3 is 2. The van der Waals surface area contributed by atoms with Crippen molar-refractivity contribution in [3.8, 4) is 17.2 Å². The molecule has 0 saturated carbocycles. The van der Waals surface area contributed by atoms with E-state index in [1.807, 2.05) is 31.2 Å². The molecule has 0 heterocycles. The van der Waals surface area contributed by atoms with Crippen molar-refractivity contribution < 1.29 is 28.5 Å². The third kappa shape index (κ3) is 7.59. The van der Waals surface area contributed by atoms with Crippen molar-refractivity contribution in [2.24, 2.45) is 0 Å². The molecule has 0 fully saturated rings. The zero-order chi connectivity index (χ0) is 21.9. The molecular formula is C22H26BrNO6. The first-order valence-corrected chi connectivity index (χ1v) is 10.3. The van der Waals surface area contributed by atoms with Crippen molar-refractivity contribution in [3.05, 3.63) is 52.5 Å². The van der Waals surface area contributed by atoms with Crippen LogP contribution in [0.4, 0.5) is 0 Å². The van der Waals surface area contributed by atoms with Crippen LogP contribution in [0.25, 0.3) is 0 Å². The van der Waals surface area contributed by atoms with E-state index < -0.39 is 11.9 Å². The lowest BCUT2D eigenvalue weighted by Gasteiger charge is -2.18. The fourth-order valence-corrected chi connectivity index (χ4v) is 3.10. The number of benzene rings is 2. The van der Waals surface area contributed by atoms with Crippen LogP contribution < -0.4 is 19.5 Å². The molecule has 1 amide bonds. The van der Waals surface area contributed by atoms with Crippen LogP contribution in [0, 0.1) is 0 Å². The molecule has 2 aromatic carbocycles. The number of carbonyl (C=O) groups is 2. The van der Waals surface area contributed by atoms with Crippen molar-refractivity contribution in [1.82, 2.24) is 5.32 Å². The van der Waals surface area contributed by atoms with E-state index in [2.05, 4.69) is 21.2 Å². The van der Waals surface area contributed by atoms with E-state index in [0.29, 0.717) is 24.5 Å². The smallest absolute Gasteiger partial charge is 0.306 e. The first kappa shape index (κ1) is 23.5. The summed E-state index contributed by atoms with van der Waals surface area (Å²) in [6.07, 6.45) is 0.658. The summed E-state index contributed by atoms with van der Waals surface area (Å²) in [6.45, 7) is 1.85. The maximum absolute atomic E-state index is 12.1. The lowest BCUT2D eigenvalue weighted by Crippen LogP contribution is -2.31. The molecule has 0 radical (unpaired) electrons. The molecule has 2 rings (SSSR count). The fraction of sp³-hybridized carbons (Fsp3) is 0.364. The van der Waals surface area contributed by atoms with Crippen molar-refractivity contribution >= 4 is 27.8 Å². The molecular weight excluding hydrogens is 454 g/mol. The lowest BCUT2D eigenvalue weighted by atomic mass is 10.1. The van der Waals surface area contributed by atoms with Crippen LogP contribution in [0.15, 0.2) is 46.9 Å². The summed E-state index contributed by atoms with van der Waals surface area (Å²) in [5.41, 5.74) is 0.765. The van der Waals surface area contributed by atoms with Crippen LogP contribution in [-0.2, 0) is 14.3 Å². The minimum atomic E-state index is -0.449. The summed E-state index contributed by atoms with van der Waals surface area (Å²) in [5.74, 6) is 1.16. The summed E-state index contributed by atoms with van der Waals surface area (Å²) in [5, 5.41) is 2.79. The van der Waals surface area contributed by atoms with Crippen LogP contribution >= 0.6 is 15.9 Å². The van der Waals surface area contributed by atoms with Gasteiger partial charge in [0.1, 0.15) is 17.2 Å². The Bertz CT molecular complexity index is 857. The third-order valence-corrected chi connectivity index (χ3v) is 4.73. The van der Waals surface area contributed by atoms with E-state index >= 15 is 0 Å². The van der Waals surface area contributed by atoms with Crippen molar-refractivity contribution in [2.75, 3.05) is 27.4 Å².